The Morgan fingerprint density at radius 2 is 1.82 bits per heavy atom. The van der Waals surface area contributed by atoms with Crippen molar-refractivity contribution in [2.75, 3.05) is 6.61 Å². The molecule has 114 valence electrons. The van der Waals surface area contributed by atoms with Gasteiger partial charge in [-0.15, -0.1) is 0 Å². The Kier molecular flexibility index (Phi) is 3.92. The molecule has 0 fully saturated rings. The molecule has 2 N–H and O–H groups in total. The van der Waals surface area contributed by atoms with Crippen LogP contribution in [0.3, 0.4) is 0 Å². The molecule has 0 unspecified atom stereocenters. The number of aliphatic hydroxyl groups excluding tert-OH is 2. The smallest absolute Gasteiger partial charge is 0.132 e. The zero-order chi connectivity index (χ0) is 15.7. The third-order valence-electron chi connectivity index (χ3n) is 3.75. The first-order valence-electron chi connectivity index (χ1n) is 6.91. The number of aromatic nitrogens is 1. The quantitative estimate of drug-likeness (QED) is 0.778. The van der Waals surface area contributed by atoms with Crippen molar-refractivity contribution >= 4 is 10.9 Å². The average Bonchev–Trinajstić information content (AvgIpc) is 2.93. The molecule has 0 aliphatic carbocycles. The van der Waals surface area contributed by atoms with Gasteiger partial charge in [0, 0.05) is 11.6 Å². The highest BCUT2D eigenvalue weighted by molar-refractivity contribution is 5.81. The van der Waals surface area contributed by atoms with Crippen molar-refractivity contribution in [2.24, 2.45) is 0 Å². The normalized spacial score (nSPS) is 14.2. The molecule has 0 saturated carbocycles. The molecular weight excluding hydrogens is 288 g/mol. The summed E-state index contributed by atoms with van der Waals surface area (Å²) in [5.74, 6) is -0.803. The van der Waals surface area contributed by atoms with Crippen LogP contribution in [0.15, 0.2) is 54.7 Å². The van der Waals surface area contributed by atoms with E-state index in [2.05, 4.69) is 0 Å². The summed E-state index contributed by atoms with van der Waals surface area (Å²) >= 11 is 0. The topological polar surface area (TPSA) is 45.4 Å². The van der Waals surface area contributed by atoms with Gasteiger partial charge >= 0.3 is 0 Å². The molecule has 3 nitrogen and oxygen atoms in total. The first-order chi connectivity index (χ1) is 10.6. The number of aliphatic hydroxyl groups is 2. The van der Waals surface area contributed by atoms with E-state index in [1.54, 1.807) is 35.0 Å². The number of nitrogens with zero attached hydrogens (tertiary/aromatic N) is 1. The van der Waals surface area contributed by atoms with Crippen molar-refractivity contribution in [3.8, 4) is 0 Å². The van der Waals surface area contributed by atoms with Crippen molar-refractivity contribution in [1.82, 2.24) is 4.57 Å². The second-order valence-electron chi connectivity index (χ2n) is 5.15. The molecule has 0 radical (unpaired) electrons. The molecule has 2 atom stereocenters. The van der Waals surface area contributed by atoms with Crippen molar-refractivity contribution in [1.29, 1.82) is 0 Å². The molecule has 0 aliphatic rings. The summed E-state index contributed by atoms with van der Waals surface area (Å²) in [6, 6.07) is 11.3. The minimum atomic E-state index is -1.14. The third kappa shape index (κ3) is 2.49. The Labute approximate surface area is 126 Å². The van der Waals surface area contributed by atoms with E-state index in [-0.39, 0.29) is 5.82 Å². The van der Waals surface area contributed by atoms with Gasteiger partial charge in [0.2, 0.25) is 0 Å². The molecule has 3 rings (SSSR count). The van der Waals surface area contributed by atoms with Crippen molar-refractivity contribution in [3.05, 3.63) is 71.9 Å². The highest BCUT2D eigenvalue weighted by atomic mass is 19.1. The van der Waals surface area contributed by atoms with Crippen LogP contribution in [0.25, 0.3) is 10.9 Å². The maximum Gasteiger partial charge on any atom is 0.132 e. The molecule has 2 aromatic carbocycles. The van der Waals surface area contributed by atoms with Crippen LogP contribution in [0.2, 0.25) is 0 Å². The van der Waals surface area contributed by atoms with Crippen LogP contribution in [0, 0.1) is 11.6 Å². The van der Waals surface area contributed by atoms with Crippen LogP contribution in [0.4, 0.5) is 8.78 Å². The lowest BCUT2D eigenvalue weighted by atomic mass is 10.0. The fraction of sp³-hybridized carbons (Fsp3) is 0.176. The number of rotatable bonds is 4. The summed E-state index contributed by atoms with van der Waals surface area (Å²) in [5.41, 5.74) is 1.07. The van der Waals surface area contributed by atoms with Gasteiger partial charge in [0.15, 0.2) is 0 Å². The molecule has 0 aliphatic heterocycles. The number of fused-ring (bicyclic) bond motifs is 1. The van der Waals surface area contributed by atoms with Crippen LogP contribution < -0.4 is 0 Å². The van der Waals surface area contributed by atoms with Crippen LogP contribution >= 0.6 is 0 Å². The van der Waals surface area contributed by atoms with E-state index in [0.29, 0.717) is 16.5 Å². The van der Waals surface area contributed by atoms with Gasteiger partial charge in [0.1, 0.15) is 17.7 Å². The maximum absolute atomic E-state index is 13.8. The summed E-state index contributed by atoms with van der Waals surface area (Å²) in [7, 11) is 0. The number of hydrogen-bond donors (Lipinski definition) is 2. The number of halogens is 2. The van der Waals surface area contributed by atoms with E-state index in [9.17, 15) is 19.0 Å². The summed E-state index contributed by atoms with van der Waals surface area (Å²) in [5, 5.41) is 19.9. The van der Waals surface area contributed by atoms with Crippen LogP contribution in [0.1, 0.15) is 11.6 Å². The summed E-state index contributed by atoms with van der Waals surface area (Å²) in [6.45, 7) is -0.490. The van der Waals surface area contributed by atoms with Gasteiger partial charge in [0.05, 0.1) is 18.2 Å². The minimum absolute atomic E-state index is 0.368. The number of hydrogen-bond acceptors (Lipinski definition) is 2. The van der Waals surface area contributed by atoms with Gasteiger partial charge in [-0.25, -0.2) is 8.78 Å². The Morgan fingerprint density at radius 1 is 1.05 bits per heavy atom. The summed E-state index contributed by atoms with van der Waals surface area (Å²) in [6.07, 6.45) is 0.489. The van der Waals surface area contributed by atoms with Gasteiger partial charge in [-0.05, 0) is 35.9 Å². The highest BCUT2D eigenvalue weighted by Crippen LogP contribution is 2.29. The molecule has 22 heavy (non-hydrogen) atoms. The second-order valence-corrected chi connectivity index (χ2v) is 5.15. The molecule has 0 bridgehead atoms. The van der Waals surface area contributed by atoms with Gasteiger partial charge in [-0.3, -0.25) is 0 Å². The SMILES string of the molecule is OC[C@@H](O)[C@H](c1cccc(F)c1)n1ccc2c(F)cccc21. The Hall–Kier alpha value is -2.24. The van der Waals surface area contributed by atoms with E-state index >= 15 is 0 Å². The fourth-order valence-electron chi connectivity index (χ4n) is 2.75. The highest BCUT2D eigenvalue weighted by Gasteiger charge is 2.24. The average molecular weight is 303 g/mol. The number of benzene rings is 2. The van der Waals surface area contributed by atoms with Gasteiger partial charge < -0.3 is 14.8 Å². The standard InChI is InChI=1S/C17H15F2NO2/c18-12-4-1-3-11(9-12)17(16(22)10-21)20-8-7-13-14(19)5-2-6-15(13)20/h1-9,16-17,21-22H,10H2/t16-,17+/m1/s1. The zero-order valence-corrected chi connectivity index (χ0v) is 11.7. The van der Waals surface area contributed by atoms with E-state index in [0.717, 1.165) is 0 Å². The first-order valence-corrected chi connectivity index (χ1v) is 6.91. The van der Waals surface area contributed by atoms with Crippen molar-refractivity contribution in [2.45, 2.75) is 12.1 Å². The largest absolute Gasteiger partial charge is 0.394 e. The first kappa shape index (κ1) is 14.7. The molecule has 0 amide bonds. The second kappa shape index (κ2) is 5.87. The van der Waals surface area contributed by atoms with E-state index in [1.165, 1.54) is 24.3 Å². The summed E-state index contributed by atoms with van der Waals surface area (Å²) < 4.78 is 29.0. The van der Waals surface area contributed by atoms with Crippen molar-refractivity contribution in [3.63, 3.8) is 0 Å². The van der Waals surface area contributed by atoms with E-state index in [4.69, 9.17) is 0 Å². The van der Waals surface area contributed by atoms with Crippen LogP contribution in [0.5, 0.6) is 0 Å². The fourth-order valence-corrected chi connectivity index (χ4v) is 2.75. The van der Waals surface area contributed by atoms with Gasteiger partial charge in [0.25, 0.3) is 0 Å². The van der Waals surface area contributed by atoms with Crippen molar-refractivity contribution < 1.29 is 19.0 Å². The Bertz CT molecular complexity index is 800. The molecule has 0 spiro atoms. The van der Waals surface area contributed by atoms with E-state index in [1.807, 2.05) is 0 Å². The molecule has 1 heterocycles. The van der Waals surface area contributed by atoms with E-state index < -0.39 is 24.6 Å². The lowest BCUT2D eigenvalue weighted by Crippen LogP contribution is -2.28. The predicted molar refractivity (Wildman–Crippen MR) is 79.5 cm³/mol. The molecule has 0 saturated heterocycles. The third-order valence-corrected chi connectivity index (χ3v) is 3.75. The van der Waals surface area contributed by atoms with Gasteiger partial charge in [-0.1, -0.05) is 18.2 Å². The lowest BCUT2D eigenvalue weighted by Gasteiger charge is -2.25. The summed E-state index contributed by atoms with van der Waals surface area (Å²) in [4.78, 5) is 0. The van der Waals surface area contributed by atoms with Gasteiger partial charge in [-0.2, -0.15) is 0 Å². The Morgan fingerprint density at radius 3 is 2.55 bits per heavy atom. The monoisotopic (exact) mass is 303 g/mol. The molecular formula is C17H15F2NO2. The zero-order valence-electron chi connectivity index (χ0n) is 11.7. The Balaban J connectivity index is 2.19. The minimum Gasteiger partial charge on any atom is -0.394 e. The predicted octanol–water partition coefficient (Wildman–Crippen LogP) is 2.86. The molecule has 5 heteroatoms. The molecule has 3 aromatic rings. The van der Waals surface area contributed by atoms with Crippen LogP contribution in [-0.2, 0) is 0 Å². The lowest BCUT2D eigenvalue weighted by molar-refractivity contribution is 0.0653. The molecule has 1 aromatic heterocycles. The van der Waals surface area contributed by atoms with Crippen LogP contribution in [-0.4, -0.2) is 27.5 Å². The maximum atomic E-state index is 13.8.